The molecule has 0 bridgehead atoms. The number of benzene rings is 2. The molecule has 1 nitrogen and oxygen atoms in total. The first-order valence-corrected chi connectivity index (χ1v) is 5.77. The maximum Gasteiger partial charge on any atom is 0.159 e. The molecule has 0 radical (unpaired) electrons. The SMILES string of the molecule is CC(N)(Cc1ccc(F)c(F)c1)c1ccccc1. The Morgan fingerprint density at radius 1 is 1.00 bits per heavy atom. The van der Waals surface area contributed by atoms with Crippen molar-refractivity contribution in [1.29, 1.82) is 0 Å². The van der Waals surface area contributed by atoms with Crippen molar-refractivity contribution in [2.24, 2.45) is 5.73 Å². The number of rotatable bonds is 3. The lowest BCUT2D eigenvalue weighted by molar-refractivity contribution is 0.480. The van der Waals surface area contributed by atoms with Gasteiger partial charge in [-0.05, 0) is 36.6 Å². The van der Waals surface area contributed by atoms with Crippen LogP contribution in [0, 0.1) is 11.6 Å². The van der Waals surface area contributed by atoms with E-state index in [1.54, 1.807) is 6.07 Å². The predicted octanol–water partition coefficient (Wildman–Crippen LogP) is 3.38. The Bertz CT molecular complexity index is 535. The first kappa shape index (κ1) is 12.7. The van der Waals surface area contributed by atoms with Gasteiger partial charge in [0.05, 0.1) is 0 Å². The summed E-state index contributed by atoms with van der Waals surface area (Å²) < 4.78 is 26.0. The van der Waals surface area contributed by atoms with E-state index in [2.05, 4.69) is 0 Å². The van der Waals surface area contributed by atoms with Crippen LogP contribution in [-0.4, -0.2) is 0 Å². The highest BCUT2D eigenvalue weighted by Gasteiger charge is 2.21. The molecular formula is C15H15F2N. The average molecular weight is 247 g/mol. The van der Waals surface area contributed by atoms with Gasteiger partial charge in [-0.25, -0.2) is 8.78 Å². The molecule has 0 aliphatic carbocycles. The van der Waals surface area contributed by atoms with Crippen molar-refractivity contribution < 1.29 is 8.78 Å². The maximum atomic E-state index is 13.1. The second kappa shape index (κ2) is 4.86. The van der Waals surface area contributed by atoms with Crippen molar-refractivity contribution in [3.8, 4) is 0 Å². The fraction of sp³-hybridized carbons (Fsp3) is 0.200. The molecule has 3 heteroatoms. The maximum absolute atomic E-state index is 13.1. The summed E-state index contributed by atoms with van der Waals surface area (Å²) in [5.41, 5.74) is 7.29. The van der Waals surface area contributed by atoms with Crippen molar-refractivity contribution in [2.75, 3.05) is 0 Å². The van der Waals surface area contributed by atoms with Gasteiger partial charge in [0.25, 0.3) is 0 Å². The first-order valence-electron chi connectivity index (χ1n) is 5.77. The minimum absolute atomic E-state index is 0.453. The van der Waals surface area contributed by atoms with Crippen LogP contribution in [0.5, 0.6) is 0 Å². The molecule has 0 heterocycles. The standard InChI is InChI=1S/C15H15F2N/c1-15(18,12-5-3-2-4-6-12)10-11-7-8-13(16)14(17)9-11/h2-9H,10,18H2,1H3. The average Bonchev–Trinajstić information content (AvgIpc) is 2.35. The van der Waals surface area contributed by atoms with Gasteiger partial charge < -0.3 is 5.73 Å². The fourth-order valence-electron chi connectivity index (χ4n) is 1.99. The van der Waals surface area contributed by atoms with Crippen LogP contribution in [0.1, 0.15) is 18.1 Å². The van der Waals surface area contributed by atoms with Gasteiger partial charge >= 0.3 is 0 Å². The largest absolute Gasteiger partial charge is 0.321 e. The summed E-state index contributed by atoms with van der Waals surface area (Å²) >= 11 is 0. The van der Waals surface area contributed by atoms with E-state index in [4.69, 9.17) is 5.73 Å². The quantitative estimate of drug-likeness (QED) is 0.884. The lowest BCUT2D eigenvalue weighted by Crippen LogP contribution is -2.35. The van der Waals surface area contributed by atoms with E-state index in [0.717, 1.165) is 11.6 Å². The van der Waals surface area contributed by atoms with Gasteiger partial charge in [0.2, 0.25) is 0 Å². The minimum atomic E-state index is -0.837. The summed E-state index contributed by atoms with van der Waals surface area (Å²) in [5, 5.41) is 0. The number of halogens is 2. The third kappa shape index (κ3) is 2.74. The molecule has 0 aromatic heterocycles. The van der Waals surface area contributed by atoms with E-state index in [9.17, 15) is 8.78 Å². The zero-order chi connectivity index (χ0) is 13.2. The summed E-state index contributed by atoms with van der Waals surface area (Å²) in [6.45, 7) is 1.88. The van der Waals surface area contributed by atoms with Gasteiger partial charge in [0.15, 0.2) is 11.6 Å². The van der Waals surface area contributed by atoms with E-state index in [1.165, 1.54) is 6.07 Å². The molecule has 0 saturated heterocycles. The number of hydrogen-bond donors (Lipinski definition) is 1. The van der Waals surface area contributed by atoms with Gasteiger partial charge in [-0.3, -0.25) is 0 Å². The number of hydrogen-bond acceptors (Lipinski definition) is 1. The Kier molecular flexibility index (Phi) is 3.43. The fourth-order valence-corrected chi connectivity index (χ4v) is 1.99. The van der Waals surface area contributed by atoms with Gasteiger partial charge in [0, 0.05) is 5.54 Å². The molecule has 1 atom stereocenters. The zero-order valence-electron chi connectivity index (χ0n) is 10.2. The normalized spacial score (nSPS) is 14.2. The zero-order valence-corrected chi connectivity index (χ0v) is 10.2. The molecule has 18 heavy (non-hydrogen) atoms. The molecule has 0 spiro atoms. The summed E-state index contributed by atoms with van der Waals surface area (Å²) in [6.07, 6.45) is 0.453. The van der Waals surface area contributed by atoms with Crippen LogP contribution in [0.4, 0.5) is 8.78 Å². The highest BCUT2D eigenvalue weighted by Crippen LogP contribution is 2.23. The van der Waals surface area contributed by atoms with E-state index < -0.39 is 17.2 Å². The Hall–Kier alpha value is -1.74. The second-order valence-electron chi connectivity index (χ2n) is 4.71. The molecule has 94 valence electrons. The van der Waals surface area contributed by atoms with Crippen molar-refractivity contribution in [2.45, 2.75) is 18.9 Å². The predicted molar refractivity (Wildman–Crippen MR) is 68.0 cm³/mol. The van der Waals surface area contributed by atoms with Gasteiger partial charge in [-0.15, -0.1) is 0 Å². The molecule has 2 N–H and O–H groups in total. The molecule has 0 amide bonds. The van der Waals surface area contributed by atoms with Crippen molar-refractivity contribution >= 4 is 0 Å². The Morgan fingerprint density at radius 2 is 1.67 bits per heavy atom. The van der Waals surface area contributed by atoms with E-state index in [0.29, 0.717) is 12.0 Å². The van der Waals surface area contributed by atoms with Crippen molar-refractivity contribution in [3.05, 3.63) is 71.3 Å². The van der Waals surface area contributed by atoms with Gasteiger partial charge in [-0.2, -0.15) is 0 Å². The van der Waals surface area contributed by atoms with Crippen LogP contribution in [0.25, 0.3) is 0 Å². The smallest absolute Gasteiger partial charge is 0.159 e. The molecule has 1 unspecified atom stereocenters. The van der Waals surface area contributed by atoms with Crippen LogP contribution in [0.3, 0.4) is 0 Å². The molecule has 0 aliphatic rings. The van der Waals surface area contributed by atoms with E-state index in [-0.39, 0.29) is 0 Å². The topological polar surface area (TPSA) is 26.0 Å². The molecule has 2 aromatic carbocycles. The summed E-state index contributed by atoms with van der Waals surface area (Å²) in [4.78, 5) is 0. The van der Waals surface area contributed by atoms with Gasteiger partial charge in [-0.1, -0.05) is 36.4 Å². The Balaban J connectivity index is 2.25. The molecule has 2 aromatic rings. The highest BCUT2D eigenvalue weighted by atomic mass is 19.2. The minimum Gasteiger partial charge on any atom is -0.321 e. The number of nitrogens with two attached hydrogens (primary N) is 1. The van der Waals surface area contributed by atoms with Crippen LogP contribution in [0.2, 0.25) is 0 Å². The van der Waals surface area contributed by atoms with Crippen molar-refractivity contribution in [3.63, 3.8) is 0 Å². The monoisotopic (exact) mass is 247 g/mol. The molecule has 2 rings (SSSR count). The molecular weight excluding hydrogens is 232 g/mol. The van der Waals surface area contributed by atoms with Crippen molar-refractivity contribution in [1.82, 2.24) is 0 Å². The summed E-state index contributed by atoms with van der Waals surface area (Å²) in [7, 11) is 0. The van der Waals surface area contributed by atoms with Crippen LogP contribution < -0.4 is 5.73 Å². The lowest BCUT2D eigenvalue weighted by Gasteiger charge is -2.25. The summed E-state index contributed by atoms with van der Waals surface area (Å²) in [6, 6.07) is 13.5. The molecule has 0 saturated carbocycles. The molecule has 0 aliphatic heterocycles. The summed E-state index contributed by atoms with van der Waals surface area (Å²) in [5.74, 6) is -1.67. The second-order valence-corrected chi connectivity index (χ2v) is 4.71. The van der Waals surface area contributed by atoms with Crippen LogP contribution in [0.15, 0.2) is 48.5 Å². The third-order valence-corrected chi connectivity index (χ3v) is 2.99. The van der Waals surface area contributed by atoms with Crippen LogP contribution >= 0.6 is 0 Å². The van der Waals surface area contributed by atoms with Crippen LogP contribution in [-0.2, 0) is 12.0 Å². The highest BCUT2D eigenvalue weighted by molar-refractivity contribution is 5.28. The first-order chi connectivity index (χ1) is 8.49. The Morgan fingerprint density at radius 3 is 2.28 bits per heavy atom. The molecule has 0 fully saturated rings. The van der Waals surface area contributed by atoms with Gasteiger partial charge in [0.1, 0.15) is 0 Å². The van der Waals surface area contributed by atoms with E-state index in [1.807, 2.05) is 37.3 Å². The van der Waals surface area contributed by atoms with E-state index >= 15 is 0 Å². The third-order valence-electron chi connectivity index (χ3n) is 2.99. The lowest BCUT2D eigenvalue weighted by atomic mass is 9.86. The Labute approximate surface area is 105 Å².